The topological polar surface area (TPSA) is 71.3 Å². The summed E-state index contributed by atoms with van der Waals surface area (Å²) in [5.74, 6) is -1.47. The van der Waals surface area contributed by atoms with Crippen molar-refractivity contribution in [2.45, 2.75) is 26.3 Å². The molecular weight excluding hydrogens is 359 g/mol. The summed E-state index contributed by atoms with van der Waals surface area (Å²) in [5, 5.41) is 11.8. The van der Waals surface area contributed by atoms with Crippen LogP contribution < -0.4 is 5.32 Å². The SMILES string of the molecule is Cc1ccc(NC(=O)Cn2c(CCC(=O)O)ccc2-c2ccc(F)cc2)cc1. The number of aromatic nitrogens is 1. The summed E-state index contributed by atoms with van der Waals surface area (Å²) < 4.78 is 15.0. The van der Waals surface area contributed by atoms with E-state index in [2.05, 4.69) is 5.32 Å². The van der Waals surface area contributed by atoms with Crippen LogP contribution in [0.15, 0.2) is 60.7 Å². The van der Waals surface area contributed by atoms with Gasteiger partial charge in [-0.05, 0) is 67.4 Å². The number of aliphatic carboxylic acids is 1. The van der Waals surface area contributed by atoms with Crippen LogP contribution in [0.5, 0.6) is 0 Å². The predicted molar refractivity (Wildman–Crippen MR) is 106 cm³/mol. The number of amides is 1. The molecule has 0 fully saturated rings. The maximum absolute atomic E-state index is 13.3. The van der Waals surface area contributed by atoms with E-state index >= 15 is 0 Å². The van der Waals surface area contributed by atoms with Gasteiger partial charge < -0.3 is 15.0 Å². The molecule has 0 radical (unpaired) electrons. The Balaban J connectivity index is 1.86. The number of carboxylic acid groups (broad SMARTS) is 1. The van der Waals surface area contributed by atoms with Gasteiger partial charge in [0.15, 0.2) is 0 Å². The molecule has 28 heavy (non-hydrogen) atoms. The second-order valence-electron chi connectivity index (χ2n) is 6.61. The minimum atomic E-state index is -0.903. The molecule has 1 heterocycles. The molecule has 0 bridgehead atoms. The minimum absolute atomic E-state index is 0.0303. The second-order valence-corrected chi connectivity index (χ2v) is 6.61. The molecular formula is C22H21FN2O3. The van der Waals surface area contributed by atoms with Gasteiger partial charge in [-0.3, -0.25) is 9.59 Å². The first-order chi connectivity index (χ1) is 13.4. The molecule has 2 N–H and O–H groups in total. The Morgan fingerprint density at radius 3 is 2.32 bits per heavy atom. The first-order valence-electron chi connectivity index (χ1n) is 8.95. The van der Waals surface area contributed by atoms with Gasteiger partial charge in [-0.1, -0.05) is 17.7 Å². The average Bonchev–Trinajstić information content (AvgIpc) is 3.05. The van der Waals surface area contributed by atoms with E-state index in [0.717, 1.165) is 22.5 Å². The van der Waals surface area contributed by atoms with Crippen LogP contribution in [-0.2, 0) is 22.6 Å². The number of nitrogens with one attached hydrogen (secondary N) is 1. The number of benzene rings is 2. The first kappa shape index (κ1) is 19.4. The summed E-state index contributed by atoms with van der Waals surface area (Å²) in [7, 11) is 0. The molecule has 0 unspecified atom stereocenters. The van der Waals surface area contributed by atoms with Crippen LogP contribution in [0.1, 0.15) is 17.7 Å². The summed E-state index contributed by atoms with van der Waals surface area (Å²) >= 11 is 0. The Hall–Kier alpha value is -3.41. The third-order valence-corrected chi connectivity index (χ3v) is 4.44. The van der Waals surface area contributed by atoms with Crippen molar-refractivity contribution >= 4 is 17.6 Å². The molecule has 2 aromatic carbocycles. The van der Waals surface area contributed by atoms with E-state index in [9.17, 15) is 14.0 Å². The van der Waals surface area contributed by atoms with Crippen LogP contribution in [0.25, 0.3) is 11.3 Å². The molecule has 0 aliphatic rings. The standard InChI is InChI=1S/C22H21FN2O3/c1-15-2-8-18(9-3-15)24-21(26)14-25-19(11-13-22(27)28)10-12-20(25)16-4-6-17(23)7-5-16/h2-10,12H,11,13-14H2,1H3,(H,24,26)(H,27,28). The van der Waals surface area contributed by atoms with Gasteiger partial charge in [0.2, 0.25) is 5.91 Å². The Morgan fingerprint density at radius 2 is 1.68 bits per heavy atom. The van der Waals surface area contributed by atoms with Crippen molar-refractivity contribution in [1.29, 1.82) is 0 Å². The zero-order valence-electron chi connectivity index (χ0n) is 15.5. The second kappa shape index (κ2) is 8.52. The van der Waals surface area contributed by atoms with Crippen LogP contribution in [0, 0.1) is 12.7 Å². The molecule has 0 saturated heterocycles. The summed E-state index contributed by atoms with van der Waals surface area (Å²) in [5.41, 5.74) is 4.02. The highest BCUT2D eigenvalue weighted by molar-refractivity contribution is 5.91. The number of carbonyl (C=O) groups is 2. The van der Waals surface area contributed by atoms with Gasteiger partial charge in [-0.25, -0.2) is 4.39 Å². The van der Waals surface area contributed by atoms with Crippen molar-refractivity contribution in [2.24, 2.45) is 0 Å². The largest absolute Gasteiger partial charge is 0.481 e. The monoisotopic (exact) mass is 380 g/mol. The number of hydrogen-bond donors (Lipinski definition) is 2. The summed E-state index contributed by atoms with van der Waals surface area (Å²) in [6, 6.07) is 17.1. The molecule has 1 amide bonds. The van der Waals surface area contributed by atoms with Gasteiger partial charge in [0.1, 0.15) is 12.4 Å². The quantitative estimate of drug-likeness (QED) is 0.643. The van der Waals surface area contributed by atoms with E-state index in [1.54, 1.807) is 22.8 Å². The smallest absolute Gasteiger partial charge is 0.303 e. The Morgan fingerprint density at radius 1 is 1.00 bits per heavy atom. The van der Waals surface area contributed by atoms with E-state index in [4.69, 9.17) is 5.11 Å². The highest BCUT2D eigenvalue weighted by Crippen LogP contribution is 2.24. The van der Waals surface area contributed by atoms with Gasteiger partial charge in [0, 0.05) is 17.1 Å². The molecule has 0 saturated carbocycles. The van der Waals surface area contributed by atoms with Crippen molar-refractivity contribution in [2.75, 3.05) is 5.32 Å². The van der Waals surface area contributed by atoms with Gasteiger partial charge in [0.25, 0.3) is 0 Å². The van der Waals surface area contributed by atoms with E-state index < -0.39 is 5.97 Å². The van der Waals surface area contributed by atoms with Gasteiger partial charge >= 0.3 is 5.97 Å². The molecule has 3 aromatic rings. The van der Waals surface area contributed by atoms with Crippen LogP contribution in [0.3, 0.4) is 0 Å². The molecule has 0 aliphatic carbocycles. The highest BCUT2D eigenvalue weighted by atomic mass is 19.1. The number of carbonyl (C=O) groups excluding carboxylic acids is 1. The average molecular weight is 380 g/mol. The van der Waals surface area contributed by atoms with E-state index in [0.29, 0.717) is 12.1 Å². The lowest BCUT2D eigenvalue weighted by Crippen LogP contribution is -2.21. The predicted octanol–water partition coefficient (Wildman–Crippen LogP) is 4.26. The number of hydrogen-bond acceptors (Lipinski definition) is 2. The van der Waals surface area contributed by atoms with Crippen molar-refractivity contribution in [1.82, 2.24) is 4.57 Å². The molecule has 0 aliphatic heterocycles. The van der Waals surface area contributed by atoms with E-state index in [1.807, 2.05) is 37.3 Å². The maximum atomic E-state index is 13.3. The molecule has 0 spiro atoms. The Labute approximate surface area is 162 Å². The van der Waals surface area contributed by atoms with Crippen molar-refractivity contribution in [3.63, 3.8) is 0 Å². The van der Waals surface area contributed by atoms with Crippen LogP contribution in [0.4, 0.5) is 10.1 Å². The molecule has 5 nitrogen and oxygen atoms in total. The molecule has 6 heteroatoms. The number of nitrogens with zero attached hydrogens (tertiary/aromatic N) is 1. The van der Waals surface area contributed by atoms with Gasteiger partial charge in [-0.15, -0.1) is 0 Å². The van der Waals surface area contributed by atoms with Gasteiger partial charge in [0.05, 0.1) is 6.42 Å². The Bertz CT molecular complexity index is 976. The highest BCUT2D eigenvalue weighted by Gasteiger charge is 2.15. The van der Waals surface area contributed by atoms with Crippen molar-refractivity contribution in [3.05, 3.63) is 77.7 Å². The fourth-order valence-corrected chi connectivity index (χ4v) is 3.00. The number of aryl methyl sites for hydroxylation is 2. The first-order valence-corrected chi connectivity index (χ1v) is 8.95. The Kier molecular flexibility index (Phi) is 5.89. The lowest BCUT2D eigenvalue weighted by molar-refractivity contribution is -0.137. The van der Waals surface area contributed by atoms with Crippen LogP contribution in [-0.4, -0.2) is 21.6 Å². The van der Waals surface area contributed by atoms with Crippen molar-refractivity contribution in [3.8, 4) is 11.3 Å². The van der Waals surface area contributed by atoms with Crippen LogP contribution >= 0.6 is 0 Å². The summed E-state index contributed by atoms with van der Waals surface area (Å²) in [6.45, 7) is 2.00. The fraction of sp³-hybridized carbons (Fsp3) is 0.182. The minimum Gasteiger partial charge on any atom is -0.481 e. The molecule has 3 rings (SSSR count). The third kappa shape index (κ3) is 4.85. The van der Waals surface area contributed by atoms with Crippen LogP contribution in [0.2, 0.25) is 0 Å². The number of anilines is 1. The molecule has 0 atom stereocenters. The molecule has 144 valence electrons. The fourth-order valence-electron chi connectivity index (χ4n) is 3.00. The zero-order chi connectivity index (χ0) is 20.1. The van der Waals surface area contributed by atoms with E-state index in [-0.39, 0.29) is 24.7 Å². The normalized spacial score (nSPS) is 10.6. The number of halogens is 1. The summed E-state index contributed by atoms with van der Waals surface area (Å²) in [4.78, 5) is 23.5. The van der Waals surface area contributed by atoms with Crippen molar-refractivity contribution < 1.29 is 19.1 Å². The van der Waals surface area contributed by atoms with E-state index in [1.165, 1.54) is 12.1 Å². The lowest BCUT2D eigenvalue weighted by Gasteiger charge is -2.14. The zero-order valence-corrected chi connectivity index (χ0v) is 15.5. The van der Waals surface area contributed by atoms with Gasteiger partial charge in [-0.2, -0.15) is 0 Å². The molecule has 1 aromatic heterocycles. The summed E-state index contributed by atoms with van der Waals surface area (Å²) in [6.07, 6.45) is 0.265. The third-order valence-electron chi connectivity index (χ3n) is 4.44. The number of carboxylic acids is 1. The number of rotatable bonds is 7. The lowest BCUT2D eigenvalue weighted by atomic mass is 10.1. The maximum Gasteiger partial charge on any atom is 0.303 e.